The fraction of sp³-hybridized carbons (Fsp3) is 0.412. The van der Waals surface area contributed by atoms with E-state index >= 15 is 0 Å². The summed E-state index contributed by atoms with van der Waals surface area (Å²) in [6.07, 6.45) is 0.487. The van der Waals surface area contributed by atoms with Crippen molar-refractivity contribution in [2.45, 2.75) is 20.3 Å². The summed E-state index contributed by atoms with van der Waals surface area (Å²) in [6, 6.07) is 8.55. The third kappa shape index (κ3) is 3.30. The van der Waals surface area contributed by atoms with Crippen LogP contribution in [-0.4, -0.2) is 42.0 Å². The molecule has 4 nitrogen and oxygen atoms in total. The van der Waals surface area contributed by atoms with Crippen molar-refractivity contribution in [1.82, 2.24) is 9.88 Å². The molecule has 0 radical (unpaired) electrons. The highest BCUT2D eigenvalue weighted by atomic mass is 32.1. The van der Waals surface area contributed by atoms with E-state index in [1.54, 1.807) is 11.3 Å². The summed E-state index contributed by atoms with van der Waals surface area (Å²) in [5.41, 5.74) is 5.33. The van der Waals surface area contributed by atoms with Crippen LogP contribution in [0, 0.1) is 13.8 Å². The van der Waals surface area contributed by atoms with E-state index in [1.807, 2.05) is 17.3 Å². The fourth-order valence-corrected chi connectivity index (χ4v) is 3.55. The van der Waals surface area contributed by atoms with Crippen LogP contribution in [0.1, 0.15) is 16.1 Å². The van der Waals surface area contributed by atoms with E-state index in [2.05, 4.69) is 41.1 Å². The zero-order chi connectivity index (χ0) is 15.5. The summed E-state index contributed by atoms with van der Waals surface area (Å²) in [7, 11) is 0. The molecule has 1 aromatic heterocycles. The smallest absolute Gasteiger partial charge is 0.228 e. The van der Waals surface area contributed by atoms with Gasteiger partial charge >= 0.3 is 0 Å². The summed E-state index contributed by atoms with van der Waals surface area (Å²) in [5, 5.41) is 0. The first kappa shape index (κ1) is 15.0. The van der Waals surface area contributed by atoms with Gasteiger partial charge in [0.15, 0.2) is 0 Å². The molecular weight excluding hydrogens is 294 g/mol. The first-order valence-corrected chi connectivity index (χ1v) is 8.50. The van der Waals surface area contributed by atoms with Gasteiger partial charge < -0.3 is 9.80 Å². The van der Waals surface area contributed by atoms with E-state index in [1.165, 1.54) is 11.3 Å². The SMILES string of the molecule is Cc1cccc(N2CCN(C(=O)Cc3scnc3C)CC2)c1. The van der Waals surface area contributed by atoms with Gasteiger partial charge in [0, 0.05) is 36.7 Å². The van der Waals surface area contributed by atoms with E-state index in [0.717, 1.165) is 36.8 Å². The first-order chi connectivity index (χ1) is 10.6. The molecular formula is C17H21N3OS. The van der Waals surface area contributed by atoms with Gasteiger partial charge in [0.1, 0.15) is 0 Å². The third-order valence-corrected chi connectivity index (χ3v) is 5.09. The summed E-state index contributed by atoms with van der Waals surface area (Å²) < 4.78 is 0. The van der Waals surface area contributed by atoms with E-state index < -0.39 is 0 Å². The van der Waals surface area contributed by atoms with Crippen molar-refractivity contribution in [2.75, 3.05) is 31.1 Å². The van der Waals surface area contributed by atoms with Crippen LogP contribution in [0.25, 0.3) is 0 Å². The second-order valence-corrected chi connectivity index (χ2v) is 6.68. The molecule has 0 aliphatic carbocycles. The van der Waals surface area contributed by atoms with Crippen LogP contribution in [0.4, 0.5) is 5.69 Å². The van der Waals surface area contributed by atoms with Crippen LogP contribution in [0.2, 0.25) is 0 Å². The first-order valence-electron chi connectivity index (χ1n) is 7.62. The molecule has 1 saturated heterocycles. The Labute approximate surface area is 135 Å². The third-order valence-electron chi connectivity index (χ3n) is 4.16. The summed E-state index contributed by atoms with van der Waals surface area (Å²) in [6.45, 7) is 7.47. The van der Waals surface area contributed by atoms with Gasteiger partial charge in [-0.05, 0) is 31.5 Å². The Kier molecular flexibility index (Phi) is 4.43. The van der Waals surface area contributed by atoms with Gasteiger partial charge in [-0.2, -0.15) is 0 Å². The number of nitrogens with zero attached hydrogens (tertiary/aromatic N) is 3. The lowest BCUT2D eigenvalue weighted by Gasteiger charge is -2.36. The molecule has 0 N–H and O–H groups in total. The standard InChI is InChI=1S/C17H21N3OS/c1-13-4-3-5-15(10-13)19-6-8-20(9-7-19)17(21)11-16-14(2)18-12-22-16/h3-5,10,12H,6-9,11H2,1-2H3. The normalized spacial score (nSPS) is 15.2. The number of benzene rings is 1. The van der Waals surface area contributed by atoms with Crippen LogP contribution >= 0.6 is 11.3 Å². The van der Waals surface area contributed by atoms with E-state index in [0.29, 0.717) is 6.42 Å². The Hall–Kier alpha value is -1.88. The topological polar surface area (TPSA) is 36.4 Å². The van der Waals surface area contributed by atoms with Crippen LogP contribution in [0.15, 0.2) is 29.8 Å². The monoisotopic (exact) mass is 315 g/mol. The molecule has 2 aromatic rings. The Morgan fingerprint density at radius 1 is 1.23 bits per heavy atom. The number of hydrogen-bond donors (Lipinski definition) is 0. The second kappa shape index (κ2) is 6.48. The van der Waals surface area contributed by atoms with Gasteiger partial charge in [0.25, 0.3) is 0 Å². The number of thiazole rings is 1. The zero-order valence-corrected chi connectivity index (χ0v) is 13.9. The Morgan fingerprint density at radius 3 is 2.64 bits per heavy atom. The second-order valence-electron chi connectivity index (χ2n) is 5.74. The highest BCUT2D eigenvalue weighted by Crippen LogP contribution is 2.19. The van der Waals surface area contributed by atoms with Crippen molar-refractivity contribution in [3.05, 3.63) is 45.9 Å². The molecule has 0 spiro atoms. The molecule has 116 valence electrons. The van der Waals surface area contributed by atoms with Crippen LogP contribution < -0.4 is 4.90 Å². The van der Waals surface area contributed by atoms with Crippen molar-refractivity contribution in [2.24, 2.45) is 0 Å². The number of carbonyl (C=O) groups is 1. The minimum absolute atomic E-state index is 0.219. The zero-order valence-electron chi connectivity index (χ0n) is 13.1. The number of hydrogen-bond acceptors (Lipinski definition) is 4. The summed E-state index contributed by atoms with van der Waals surface area (Å²) in [4.78, 5) is 22.0. The molecule has 22 heavy (non-hydrogen) atoms. The molecule has 3 rings (SSSR count). The lowest BCUT2D eigenvalue weighted by Crippen LogP contribution is -2.49. The van der Waals surface area contributed by atoms with E-state index in [-0.39, 0.29) is 5.91 Å². The molecule has 0 unspecified atom stereocenters. The highest BCUT2D eigenvalue weighted by molar-refractivity contribution is 7.09. The average Bonchev–Trinajstić information content (AvgIpc) is 2.92. The van der Waals surface area contributed by atoms with Crippen molar-refractivity contribution >= 4 is 22.9 Å². The molecule has 0 bridgehead atoms. The van der Waals surface area contributed by atoms with E-state index in [4.69, 9.17) is 0 Å². The molecule has 0 atom stereocenters. The van der Waals surface area contributed by atoms with Crippen molar-refractivity contribution in [3.8, 4) is 0 Å². The van der Waals surface area contributed by atoms with Crippen molar-refractivity contribution < 1.29 is 4.79 Å². The molecule has 1 aliphatic heterocycles. The van der Waals surface area contributed by atoms with Crippen LogP contribution in [0.5, 0.6) is 0 Å². The fourth-order valence-electron chi connectivity index (χ4n) is 2.78. The molecule has 1 amide bonds. The Balaban J connectivity index is 1.57. The number of aryl methyl sites for hydroxylation is 2. The van der Waals surface area contributed by atoms with Gasteiger partial charge in [0.2, 0.25) is 5.91 Å². The largest absolute Gasteiger partial charge is 0.368 e. The predicted molar refractivity (Wildman–Crippen MR) is 90.5 cm³/mol. The lowest BCUT2D eigenvalue weighted by atomic mass is 10.2. The van der Waals surface area contributed by atoms with Crippen LogP contribution in [-0.2, 0) is 11.2 Å². The maximum absolute atomic E-state index is 12.4. The Bertz CT molecular complexity index is 659. The lowest BCUT2D eigenvalue weighted by molar-refractivity contribution is -0.130. The number of carbonyl (C=O) groups excluding carboxylic acids is 1. The highest BCUT2D eigenvalue weighted by Gasteiger charge is 2.22. The molecule has 0 saturated carbocycles. The number of amides is 1. The van der Waals surface area contributed by atoms with Gasteiger partial charge in [-0.25, -0.2) is 4.98 Å². The van der Waals surface area contributed by atoms with Crippen molar-refractivity contribution in [3.63, 3.8) is 0 Å². The predicted octanol–water partition coefficient (Wildman–Crippen LogP) is 2.65. The maximum Gasteiger partial charge on any atom is 0.228 e. The maximum atomic E-state index is 12.4. The average molecular weight is 315 g/mol. The number of piperazine rings is 1. The summed E-state index contributed by atoms with van der Waals surface area (Å²) in [5.74, 6) is 0.219. The number of anilines is 1. The summed E-state index contributed by atoms with van der Waals surface area (Å²) >= 11 is 1.57. The molecule has 5 heteroatoms. The number of aromatic nitrogens is 1. The van der Waals surface area contributed by atoms with Crippen molar-refractivity contribution in [1.29, 1.82) is 0 Å². The van der Waals surface area contributed by atoms with Gasteiger partial charge in [-0.1, -0.05) is 12.1 Å². The van der Waals surface area contributed by atoms with E-state index in [9.17, 15) is 4.79 Å². The molecule has 2 heterocycles. The number of rotatable bonds is 3. The van der Waals surface area contributed by atoms with Gasteiger partial charge in [-0.15, -0.1) is 11.3 Å². The Morgan fingerprint density at radius 2 is 2.00 bits per heavy atom. The minimum Gasteiger partial charge on any atom is -0.368 e. The quantitative estimate of drug-likeness (QED) is 0.874. The molecule has 1 fully saturated rings. The van der Waals surface area contributed by atoms with Gasteiger partial charge in [-0.3, -0.25) is 4.79 Å². The molecule has 1 aliphatic rings. The minimum atomic E-state index is 0.219. The van der Waals surface area contributed by atoms with Gasteiger partial charge in [0.05, 0.1) is 17.6 Å². The van der Waals surface area contributed by atoms with Crippen LogP contribution in [0.3, 0.4) is 0 Å². The molecule has 1 aromatic carbocycles.